The van der Waals surface area contributed by atoms with Gasteiger partial charge in [-0.15, -0.1) is 24.0 Å². The SMILES string of the molecule is CCNC(=NCc1ccc(Br)cc1)NCC(=O)NC(C)(C)C.I. The molecule has 0 unspecified atom stereocenters. The van der Waals surface area contributed by atoms with Crippen LogP contribution in [0.25, 0.3) is 0 Å². The summed E-state index contributed by atoms with van der Waals surface area (Å²) in [5.41, 5.74) is 0.880. The Labute approximate surface area is 164 Å². The highest BCUT2D eigenvalue weighted by Gasteiger charge is 2.13. The quantitative estimate of drug-likeness (QED) is 0.333. The van der Waals surface area contributed by atoms with Gasteiger partial charge in [0.1, 0.15) is 0 Å². The normalized spacial score (nSPS) is 11.4. The Morgan fingerprint density at radius 1 is 1.17 bits per heavy atom. The molecule has 7 heteroatoms. The standard InChI is InChI=1S/C16H25BrN4O.HI/c1-5-18-15(20-11-14(22)21-16(2,3)4)19-10-12-6-8-13(17)9-7-12;/h6-9H,5,10-11H2,1-4H3,(H,21,22)(H2,18,19,20);1H. The monoisotopic (exact) mass is 496 g/mol. The number of hydrogen-bond donors (Lipinski definition) is 3. The van der Waals surface area contributed by atoms with Gasteiger partial charge in [-0.05, 0) is 45.4 Å². The highest BCUT2D eigenvalue weighted by molar-refractivity contribution is 14.0. The van der Waals surface area contributed by atoms with Crippen molar-refractivity contribution in [1.29, 1.82) is 0 Å². The number of aliphatic imine (C=N–C) groups is 1. The zero-order chi connectivity index (χ0) is 16.6. The molecular formula is C16H26BrIN4O. The molecule has 0 aliphatic carbocycles. The molecule has 0 saturated carbocycles. The van der Waals surface area contributed by atoms with Gasteiger partial charge in [0.25, 0.3) is 0 Å². The van der Waals surface area contributed by atoms with Crippen molar-refractivity contribution in [1.82, 2.24) is 16.0 Å². The third-order valence-corrected chi connectivity index (χ3v) is 3.14. The van der Waals surface area contributed by atoms with E-state index in [-0.39, 0.29) is 42.0 Å². The van der Waals surface area contributed by atoms with E-state index in [2.05, 4.69) is 36.9 Å². The summed E-state index contributed by atoms with van der Waals surface area (Å²) in [4.78, 5) is 16.3. The van der Waals surface area contributed by atoms with Crippen LogP contribution >= 0.6 is 39.9 Å². The van der Waals surface area contributed by atoms with E-state index in [4.69, 9.17) is 0 Å². The lowest BCUT2D eigenvalue weighted by Gasteiger charge is -2.21. The molecule has 5 nitrogen and oxygen atoms in total. The molecule has 0 aromatic heterocycles. The van der Waals surface area contributed by atoms with Crippen LogP contribution in [0.4, 0.5) is 0 Å². The first kappa shape index (κ1) is 22.2. The molecule has 130 valence electrons. The van der Waals surface area contributed by atoms with Crippen molar-refractivity contribution in [3.05, 3.63) is 34.3 Å². The van der Waals surface area contributed by atoms with E-state index in [1.807, 2.05) is 52.0 Å². The molecule has 0 atom stereocenters. The van der Waals surface area contributed by atoms with Gasteiger partial charge in [0, 0.05) is 16.6 Å². The number of amides is 1. The second-order valence-electron chi connectivity index (χ2n) is 5.97. The minimum absolute atomic E-state index is 0. The highest BCUT2D eigenvalue weighted by atomic mass is 127. The molecule has 3 N–H and O–H groups in total. The summed E-state index contributed by atoms with van der Waals surface area (Å²) in [6, 6.07) is 8.01. The van der Waals surface area contributed by atoms with Crippen LogP contribution in [-0.2, 0) is 11.3 Å². The third-order valence-electron chi connectivity index (χ3n) is 2.61. The Morgan fingerprint density at radius 3 is 2.30 bits per heavy atom. The van der Waals surface area contributed by atoms with E-state index in [0.717, 1.165) is 16.6 Å². The molecule has 23 heavy (non-hydrogen) atoms. The fourth-order valence-electron chi connectivity index (χ4n) is 1.73. The second kappa shape index (κ2) is 10.9. The molecular weight excluding hydrogens is 471 g/mol. The lowest BCUT2D eigenvalue weighted by Crippen LogP contribution is -2.48. The lowest BCUT2D eigenvalue weighted by molar-refractivity contribution is -0.121. The van der Waals surface area contributed by atoms with Crippen molar-refractivity contribution in [2.24, 2.45) is 4.99 Å². The van der Waals surface area contributed by atoms with Crippen molar-refractivity contribution in [3.8, 4) is 0 Å². The maximum atomic E-state index is 11.8. The summed E-state index contributed by atoms with van der Waals surface area (Å²) >= 11 is 3.41. The third kappa shape index (κ3) is 10.5. The number of guanidine groups is 1. The average molecular weight is 497 g/mol. The first-order valence-corrected chi connectivity index (χ1v) is 8.17. The summed E-state index contributed by atoms with van der Waals surface area (Å²) in [5, 5.41) is 9.08. The van der Waals surface area contributed by atoms with E-state index in [1.165, 1.54) is 0 Å². The summed E-state index contributed by atoms with van der Waals surface area (Å²) in [5.74, 6) is 0.580. The highest BCUT2D eigenvalue weighted by Crippen LogP contribution is 2.10. The average Bonchev–Trinajstić information content (AvgIpc) is 2.42. The minimum Gasteiger partial charge on any atom is -0.357 e. The Bertz CT molecular complexity index is 512. The van der Waals surface area contributed by atoms with Crippen LogP contribution in [0.2, 0.25) is 0 Å². The van der Waals surface area contributed by atoms with Crippen LogP contribution in [0.15, 0.2) is 33.7 Å². The predicted octanol–water partition coefficient (Wildman–Crippen LogP) is 3.04. The fraction of sp³-hybridized carbons (Fsp3) is 0.500. The summed E-state index contributed by atoms with van der Waals surface area (Å²) in [6.45, 7) is 9.36. The van der Waals surface area contributed by atoms with Crippen LogP contribution in [0.1, 0.15) is 33.3 Å². The Hall–Kier alpha value is -0.830. The number of benzene rings is 1. The van der Waals surface area contributed by atoms with Crippen molar-refractivity contribution in [2.75, 3.05) is 13.1 Å². The number of hydrogen-bond acceptors (Lipinski definition) is 2. The Morgan fingerprint density at radius 2 is 1.78 bits per heavy atom. The number of nitrogens with zero attached hydrogens (tertiary/aromatic N) is 1. The molecule has 0 heterocycles. The Kier molecular flexibility index (Phi) is 10.5. The molecule has 1 aromatic carbocycles. The van der Waals surface area contributed by atoms with Crippen molar-refractivity contribution in [2.45, 2.75) is 39.8 Å². The molecule has 0 aliphatic heterocycles. The van der Waals surface area contributed by atoms with Gasteiger partial charge < -0.3 is 16.0 Å². The van der Waals surface area contributed by atoms with Crippen LogP contribution in [0.3, 0.4) is 0 Å². The minimum atomic E-state index is -0.230. The van der Waals surface area contributed by atoms with Gasteiger partial charge in [0.15, 0.2) is 5.96 Å². The van der Waals surface area contributed by atoms with Gasteiger partial charge in [-0.3, -0.25) is 4.79 Å². The maximum absolute atomic E-state index is 11.8. The largest absolute Gasteiger partial charge is 0.357 e. The van der Waals surface area contributed by atoms with Crippen LogP contribution in [0.5, 0.6) is 0 Å². The van der Waals surface area contributed by atoms with E-state index < -0.39 is 0 Å². The van der Waals surface area contributed by atoms with E-state index in [0.29, 0.717) is 12.5 Å². The zero-order valence-corrected chi connectivity index (χ0v) is 18.0. The van der Waals surface area contributed by atoms with Crippen LogP contribution in [0, 0.1) is 0 Å². The topological polar surface area (TPSA) is 65.5 Å². The first-order valence-electron chi connectivity index (χ1n) is 7.38. The molecule has 0 saturated heterocycles. The second-order valence-corrected chi connectivity index (χ2v) is 6.89. The Balaban J connectivity index is 0.00000484. The summed E-state index contributed by atoms with van der Waals surface area (Å²) < 4.78 is 1.05. The molecule has 1 aromatic rings. The van der Waals surface area contributed by atoms with Crippen molar-refractivity contribution >= 4 is 51.8 Å². The molecule has 0 bridgehead atoms. The van der Waals surface area contributed by atoms with Gasteiger partial charge in [-0.1, -0.05) is 28.1 Å². The van der Waals surface area contributed by atoms with Gasteiger partial charge in [0.2, 0.25) is 5.91 Å². The lowest BCUT2D eigenvalue weighted by atomic mass is 10.1. The molecule has 0 aliphatic rings. The summed E-state index contributed by atoms with van der Waals surface area (Å²) in [7, 11) is 0. The predicted molar refractivity (Wildman–Crippen MR) is 110 cm³/mol. The molecule has 0 spiro atoms. The van der Waals surface area contributed by atoms with Crippen LogP contribution in [-0.4, -0.2) is 30.5 Å². The fourth-order valence-corrected chi connectivity index (χ4v) is 1.99. The smallest absolute Gasteiger partial charge is 0.239 e. The van der Waals surface area contributed by atoms with Crippen molar-refractivity contribution in [3.63, 3.8) is 0 Å². The maximum Gasteiger partial charge on any atom is 0.239 e. The zero-order valence-electron chi connectivity index (χ0n) is 14.1. The molecule has 0 fully saturated rings. The van der Waals surface area contributed by atoms with E-state index in [9.17, 15) is 4.79 Å². The molecule has 1 rings (SSSR count). The number of rotatable bonds is 5. The van der Waals surface area contributed by atoms with Gasteiger partial charge in [-0.25, -0.2) is 4.99 Å². The molecule has 0 radical (unpaired) electrons. The molecule has 1 amide bonds. The first-order chi connectivity index (χ1) is 10.3. The van der Waals surface area contributed by atoms with E-state index in [1.54, 1.807) is 0 Å². The summed E-state index contributed by atoms with van der Waals surface area (Å²) in [6.07, 6.45) is 0. The van der Waals surface area contributed by atoms with Gasteiger partial charge in [-0.2, -0.15) is 0 Å². The number of carbonyl (C=O) groups excluding carboxylic acids is 1. The number of halogens is 2. The van der Waals surface area contributed by atoms with Crippen LogP contribution < -0.4 is 16.0 Å². The number of carbonyl (C=O) groups is 1. The van der Waals surface area contributed by atoms with Gasteiger partial charge in [0.05, 0.1) is 13.1 Å². The van der Waals surface area contributed by atoms with Gasteiger partial charge >= 0.3 is 0 Å². The van der Waals surface area contributed by atoms with Crippen molar-refractivity contribution < 1.29 is 4.79 Å². The number of nitrogens with one attached hydrogen (secondary N) is 3. The van der Waals surface area contributed by atoms with E-state index >= 15 is 0 Å².